The van der Waals surface area contributed by atoms with Crippen molar-refractivity contribution in [3.05, 3.63) is 27.2 Å². The van der Waals surface area contributed by atoms with Crippen LogP contribution in [0.4, 0.5) is 0 Å². The van der Waals surface area contributed by atoms with E-state index >= 15 is 0 Å². The minimum absolute atomic E-state index is 0.00757. The molecule has 1 saturated carbocycles. The molecule has 2 aromatic heterocycles. The van der Waals surface area contributed by atoms with Crippen LogP contribution in [0.1, 0.15) is 29.5 Å². The molecular weight excluding hydrogens is 330 g/mol. The highest BCUT2D eigenvalue weighted by atomic mass is 35.5. The van der Waals surface area contributed by atoms with Crippen LogP contribution in [0, 0.1) is 0 Å². The van der Waals surface area contributed by atoms with Crippen LogP contribution >= 0.6 is 34.7 Å². The molecule has 5 nitrogen and oxygen atoms in total. The number of carbonyl (C=O) groups is 1. The van der Waals surface area contributed by atoms with Gasteiger partial charge in [-0.3, -0.25) is 4.79 Å². The Labute approximate surface area is 135 Å². The van der Waals surface area contributed by atoms with E-state index < -0.39 is 5.97 Å². The van der Waals surface area contributed by atoms with Gasteiger partial charge < -0.3 is 9.67 Å². The van der Waals surface area contributed by atoms with Crippen LogP contribution in [0.2, 0.25) is 4.34 Å². The number of carboxylic acid groups (broad SMARTS) is 1. The number of nitrogens with zero attached hydrogens (tertiary/aromatic N) is 3. The van der Waals surface area contributed by atoms with Crippen molar-refractivity contribution in [2.45, 2.75) is 36.9 Å². The predicted molar refractivity (Wildman–Crippen MR) is 83.4 cm³/mol. The lowest BCUT2D eigenvalue weighted by Gasteiger charge is -2.08. The molecule has 0 amide bonds. The van der Waals surface area contributed by atoms with Gasteiger partial charge >= 0.3 is 5.97 Å². The molecule has 0 radical (unpaired) electrons. The van der Waals surface area contributed by atoms with Gasteiger partial charge in [0.15, 0.2) is 5.16 Å². The number of aromatic nitrogens is 3. The van der Waals surface area contributed by atoms with Gasteiger partial charge in [-0.1, -0.05) is 23.4 Å². The largest absolute Gasteiger partial charge is 0.481 e. The number of hydrogen-bond acceptors (Lipinski definition) is 5. The molecule has 2 heterocycles. The zero-order valence-electron chi connectivity index (χ0n) is 11.2. The third kappa shape index (κ3) is 3.78. The average molecular weight is 344 g/mol. The van der Waals surface area contributed by atoms with Crippen LogP contribution in [-0.2, 0) is 17.8 Å². The van der Waals surface area contributed by atoms with Crippen LogP contribution in [0.25, 0.3) is 0 Å². The number of thioether (sulfide) groups is 1. The molecule has 0 atom stereocenters. The van der Waals surface area contributed by atoms with Gasteiger partial charge in [-0.15, -0.1) is 21.5 Å². The second-order valence-electron chi connectivity index (χ2n) is 4.90. The molecule has 0 unspecified atom stereocenters. The van der Waals surface area contributed by atoms with Gasteiger partial charge in [0.1, 0.15) is 5.82 Å². The second kappa shape index (κ2) is 6.37. The first-order chi connectivity index (χ1) is 10.1. The smallest absolute Gasteiger partial charge is 0.313 e. The number of carboxylic acids is 1. The van der Waals surface area contributed by atoms with Crippen LogP contribution in [0.5, 0.6) is 0 Å². The molecule has 21 heavy (non-hydrogen) atoms. The van der Waals surface area contributed by atoms with Crippen molar-refractivity contribution in [3.8, 4) is 0 Å². The molecule has 1 N–H and O–H groups in total. The van der Waals surface area contributed by atoms with Crippen molar-refractivity contribution >= 4 is 40.7 Å². The fourth-order valence-corrected chi connectivity index (χ4v) is 3.86. The molecule has 0 saturated heterocycles. The van der Waals surface area contributed by atoms with E-state index in [2.05, 4.69) is 14.8 Å². The van der Waals surface area contributed by atoms with Gasteiger partial charge in [-0.25, -0.2) is 0 Å². The van der Waals surface area contributed by atoms with Gasteiger partial charge in [0.05, 0.1) is 10.1 Å². The highest BCUT2D eigenvalue weighted by Crippen LogP contribution is 2.40. The Bertz CT molecular complexity index is 652. The van der Waals surface area contributed by atoms with Gasteiger partial charge in [-0.05, 0) is 31.4 Å². The van der Waals surface area contributed by atoms with Crippen LogP contribution < -0.4 is 0 Å². The quantitative estimate of drug-likeness (QED) is 0.781. The van der Waals surface area contributed by atoms with Crippen molar-refractivity contribution in [2.75, 3.05) is 5.75 Å². The second-order valence-corrected chi connectivity index (χ2v) is 7.65. The fraction of sp³-hybridized carbons (Fsp3) is 0.462. The summed E-state index contributed by atoms with van der Waals surface area (Å²) in [4.78, 5) is 11.9. The van der Waals surface area contributed by atoms with Gasteiger partial charge in [0.25, 0.3) is 0 Å². The Balaban J connectivity index is 1.73. The first-order valence-corrected chi connectivity index (χ1v) is 8.83. The van der Waals surface area contributed by atoms with Crippen LogP contribution in [0.3, 0.4) is 0 Å². The molecule has 1 fully saturated rings. The Kier molecular flexibility index (Phi) is 4.51. The molecule has 0 bridgehead atoms. The maximum atomic E-state index is 10.7. The number of rotatable bonds is 7. The molecule has 1 aliphatic carbocycles. The third-order valence-corrected chi connectivity index (χ3v) is 5.47. The van der Waals surface area contributed by atoms with Gasteiger partial charge in [-0.2, -0.15) is 0 Å². The zero-order chi connectivity index (χ0) is 14.8. The summed E-state index contributed by atoms with van der Waals surface area (Å²) in [6.07, 6.45) is 3.15. The van der Waals surface area contributed by atoms with E-state index in [1.54, 1.807) is 11.3 Å². The molecule has 3 rings (SSSR count). The number of aryl methyl sites for hydroxylation is 1. The average Bonchev–Trinajstić information content (AvgIpc) is 3.08. The molecule has 2 aromatic rings. The minimum Gasteiger partial charge on any atom is -0.481 e. The number of hydrogen-bond donors (Lipinski definition) is 1. The molecular formula is C13H14ClN3O2S2. The minimum atomic E-state index is -0.840. The standard InChI is InChI=1S/C13H14ClN3O2S2/c14-10-4-3-9(21-10)5-6-17-12(8-1-2-8)15-16-13(17)20-7-11(18)19/h3-4,8H,1-2,5-7H2,(H,18,19). The summed E-state index contributed by atoms with van der Waals surface area (Å²) in [5.41, 5.74) is 0. The fourth-order valence-electron chi connectivity index (χ4n) is 2.09. The summed E-state index contributed by atoms with van der Waals surface area (Å²) >= 11 is 8.75. The van der Waals surface area contributed by atoms with Gasteiger partial charge in [0, 0.05) is 17.3 Å². The first-order valence-electron chi connectivity index (χ1n) is 6.65. The third-order valence-electron chi connectivity index (χ3n) is 3.22. The normalized spacial score (nSPS) is 14.5. The summed E-state index contributed by atoms with van der Waals surface area (Å²) < 4.78 is 2.86. The molecule has 0 aromatic carbocycles. The van der Waals surface area contributed by atoms with Gasteiger partial charge in [0.2, 0.25) is 0 Å². The lowest BCUT2D eigenvalue weighted by molar-refractivity contribution is -0.133. The van der Waals surface area contributed by atoms with E-state index in [1.807, 2.05) is 12.1 Å². The van der Waals surface area contributed by atoms with Crippen LogP contribution in [0.15, 0.2) is 17.3 Å². The maximum absolute atomic E-state index is 10.7. The number of aliphatic carboxylic acids is 1. The summed E-state index contributed by atoms with van der Waals surface area (Å²) in [7, 11) is 0. The SMILES string of the molecule is O=C(O)CSc1nnc(C2CC2)n1CCc1ccc(Cl)s1. The molecule has 112 valence electrons. The Morgan fingerprint density at radius 1 is 1.48 bits per heavy atom. The predicted octanol–water partition coefficient (Wildman–Crippen LogP) is 3.29. The maximum Gasteiger partial charge on any atom is 0.313 e. The van der Waals surface area contributed by atoms with Crippen LogP contribution in [-0.4, -0.2) is 31.6 Å². The molecule has 8 heteroatoms. The molecule has 0 aliphatic heterocycles. The van der Waals surface area contributed by atoms with E-state index in [-0.39, 0.29) is 5.75 Å². The lowest BCUT2D eigenvalue weighted by atomic mass is 10.3. The molecule has 1 aliphatic rings. The van der Waals surface area contributed by atoms with Crippen molar-refractivity contribution in [1.82, 2.24) is 14.8 Å². The van der Waals surface area contributed by atoms with Crippen molar-refractivity contribution in [2.24, 2.45) is 0 Å². The summed E-state index contributed by atoms with van der Waals surface area (Å²) in [5, 5.41) is 17.9. The number of thiophene rings is 1. The van der Waals surface area contributed by atoms with Crippen molar-refractivity contribution < 1.29 is 9.90 Å². The van der Waals surface area contributed by atoms with E-state index in [9.17, 15) is 4.79 Å². The zero-order valence-corrected chi connectivity index (χ0v) is 13.5. The summed E-state index contributed by atoms with van der Waals surface area (Å²) in [6.45, 7) is 0.762. The highest BCUT2D eigenvalue weighted by Gasteiger charge is 2.30. The highest BCUT2D eigenvalue weighted by molar-refractivity contribution is 7.99. The Morgan fingerprint density at radius 2 is 2.29 bits per heavy atom. The molecule has 0 spiro atoms. The van der Waals surface area contributed by atoms with E-state index in [0.717, 1.165) is 36.0 Å². The van der Waals surface area contributed by atoms with E-state index in [1.165, 1.54) is 16.6 Å². The Morgan fingerprint density at radius 3 is 2.90 bits per heavy atom. The monoisotopic (exact) mass is 343 g/mol. The topological polar surface area (TPSA) is 68.0 Å². The van der Waals surface area contributed by atoms with Crippen molar-refractivity contribution in [3.63, 3.8) is 0 Å². The summed E-state index contributed by atoms with van der Waals surface area (Å²) in [6, 6.07) is 3.92. The number of halogens is 1. The summed E-state index contributed by atoms with van der Waals surface area (Å²) in [5.74, 6) is 0.648. The lowest BCUT2D eigenvalue weighted by Crippen LogP contribution is -2.08. The first kappa shape index (κ1) is 14.9. The van der Waals surface area contributed by atoms with E-state index in [0.29, 0.717) is 11.1 Å². The van der Waals surface area contributed by atoms with E-state index in [4.69, 9.17) is 16.7 Å². The van der Waals surface area contributed by atoms with Crippen molar-refractivity contribution in [1.29, 1.82) is 0 Å². The Hall–Kier alpha value is -1.05.